The van der Waals surface area contributed by atoms with Crippen LogP contribution in [0.5, 0.6) is 23.0 Å². The van der Waals surface area contributed by atoms with E-state index in [9.17, 15) is 0 Å². The van der Waals surface area contributed by atoms with Crippen molar-refractivity contribution >= 4 is 23.1 Å². The fourth-order valence-corrected chi connectivity index (χ4v) is 5.46. The fraction of sp³-hybridized carbons (Fsp3) is 0.353. The summed E-state index contributed by atoms with van der Waals surface area (Å²) in [7, 11) is 0. The molecule has 2 aromatic heterocycles. The van der Waals surface area contributed by atoms with Crippen molar-refractivity contribution in [3.05, 3.63) is 83.6 Å². The first-order chi connectivity index (χ1) is 21.8. The molecule has 0 radical (unpaired) electrons. The van der Waals surface area contributed by atoms with Crippen molar-refractivity contribution in [3.8, 4) is 45.5 Å². The van der Waals surface area contributed by atoms with E-state index in [0.717, 1.165) is 110 Å². The van der Waals surface area contributed by atoms with Gasteiger partial charge in [0.25, 0.3) is 0 Å². The summed E-state index contributed by atoms with van der Waals surface area (Å²) in [6, 6.07) is 24.0. The summed E-state index contributed by atoms with van der Waals surface area (Å²) in [4.78, 5) is 0. The fourth-order valence-electron chi connectivity index (χ4n) is 4.53. The van der Waals surface area contributed by atoms with Gasteiger partial charge in [0.1, 0.15) is 34.4 Å². The molecule has 3 aromatic carbocycles. The maximum Gasteiger partial charge on any atom is 0.119 e. The zero-order chi connectivity index (χ0) is 30.1. The van der Waals surface area contributed by atoms with Crippen molar-refractivity contribution in [1.29, 1.82) is 0 Å². The maximum absolute atomic E-state index is 5.90. The van der Waals surface area contributed by atoms with Gasteiger partial charge in [0, 0.05) is 21.9 Å². The van der Waals surface area contributed by atoms with Crippen LogP contribution in [0.25, 0.3) is 22.5 Å². The molecular formula is C34H38N4O4S2. The Morgan fingerprint density at radius 1 is 0.386 bits per heavy atom. The van der Waals surface area contributed by atoms with Crippen molar-refractivity contribution in [2.24, 2.45) is 0 Å². The number of rotatable bonds is 20. The number of nitrogens with zero attached hydrogens (tertiary/aromatic N) is 4. The SMILES string of the molecule is c1cc(OCCCCCCOc2ccc(-c3csnn3)cc2)ccc1OCCCCCCOc1ccc(-c2csnn2)cc1. The molecule has 5 rings (SSSR count). The molecule has 0 fully saturated rings. The van der Waals surface area contributed by atoms with Crippen molar-refractivity contribution in [2.45, 2.75) is 51.4 Å². The van der Waals surface area contributed by atoms with Crippen molar-refractivity contribution < 1.29 is 18.9 Å². The summed E-state index contributed by atoms with van der Waals surface area (Å²) in [5.41, 5.74) is 3.92. The van der Waals surface area contributed by atoms with E-state index in [0.29, 0.717) is 13.2 Å². The molecule has 0 bridgehead atoms. The molecule has 0 saturated heterocycles. The lowest BCUT2D eigenvalue weighted by Crippen LogP contribution is -2.01. The van der Waals surface area contributed by atoms with Gasteiger partial charge < -0.3 is 18.9 Å². The van der Waals surface area contributed by atoms with Gasteiger partial charge >= 0.3 is 0 Å². The summed E-state index contributed by atoms with van der Waals surface area (Å²) in [5.74, 6) is 3.54. The number of ether oxygens (including phenoxy) is 4. The molecule has 10 heteroatoms. The van der Waals surface area contributed by atoms with Gasteiger partial charge in [0.05, 0.1) is 26.4 Å². The lowest BCUT2D eigenvalue weighted by Gasteiger charge is -2.09. The molecule has 0 unspecified atom stereocenters. The Kier molecular flexibility index (Phi) is 12.8. The van der Waals surface area contributed by atoms with Crippen LogP contribution in [0.3, 0.4) is 0 Å². The first-order valence-corrected chi connectivity index (χ1v) is 16.9. The van der Waals surface area contributed by atoms with Crippen molar-refractivity contribution in [3.63, 3.8) is 0 Å². The molecule has 230 valence electrons. The molecule has 5 aromatic rings. The molecule has 0 aliphatic rings. The number of hydrogen-bond donors (Lipinski definition) is 0. The monoisotopic (exact) mass is 630 g/mol. The van der Waals surface area contributed by atoms with Gasteiger partial charge in [-0.3, -0.25) is 0 Å². The zero-order valence-electron chi connectivity index (χ0n) is 24.8. The van der Waals surface area contributed by atoms with Crippen LogP contribution in [0.1, 0.15) is 51.4 Å². The lowest BCUT2D eigenvalue weighted by molar-refractivity contribution is 0.283. The van der Waals surface area contributed by atoms with Crippen LogP contribution in [0.2, 0.25) is 0 Å². The second-order valence-corrected chi connectivity index (χ2v) is 11.5. The van der Waals surface area contributed by atoms with Crippen LogP contribution in [-0.2, 0) is 0 Å². The molecule has 0 aliphatic carbocycles. The molecule has 0 aliphatic heterocycles. The van der Waals surface area contributed by atoms with Crippen LogP contribution in [0.15, 0.2) is 83.6 Å². The van der Waals surface area contributed by atoms with Crippen LogP contribution < -0.4 is 18.9 Å². The zero-order valence-corrected chi connectivity index (χ0v) is 26.4. The Morgan fingerprint density at radius 2 is 0.682 bits per heavy atom. The molecule has 0 N–H and O–H groups in total. The summed E-state index contributed by atoms with van der Waals surface area (Å²) >= 11 is 2.71. The lowest BCUT2D eigenvalue weighted by atomic mass is 10.2. The average Bonchev–Trinajstić information content (AvgIpc) is 3.81. The van der Waals surface area contributed by atoms with Crippen LogP contribution in [-0.4, -0.2) is 45.6 Å². The van der Waals surface area contributed by atoms with Crippen LogP contribution in [0, 0.1) is 0 Å². The van der Waals surface area contributed by atoms with E-state index in [1.54, 1.807) is 0 Å². The Morgan fingerprint density at radius 3 is 0.955 bits per heavy atom. The molecule has 44 heavy (non-hydrogen) atoms. The topological polar surface area (TPSA) is 88.5 Å². The van der Waals surface area contributed by atoms with Gasteiger partial charge in [-0.05, 0) is 147 Å². The van der Waals surface area contributed by atoms with Crippen LogP contribution in [0.4, 0.5) is 0 Å². The first kappa shape index (κ1) is 31.4. The van der Waals surface area contributed by atoms with Gasteiger partial charge in [-0.25, -0.2) is 0 Å². The van der Waals surface area contributed by atoms with Crippen LogP contribution >= 0.6 is 23.1 Å². The molecule has 0 saturated carbocycles. The van der Waals surface area contributed by atoms with E-state index in [1.165, 1.54) is 23.1 Å². The van der Waals surface area contributed by atoms with Gasteiger partial charge in [-0.15, -0.1) is 10.2 Å². The maximum atomic E-state index is 5.90. The molecule has 0 amide bonds. The van der Waals surface area contributed by atoms with Gasteiger partial charge in [-0.2, -0.15) is 0 Å². The quantitative estimate of drug-likeness (QED) is 0.0789. The number of hydrogen-bond acceptors (Lipinski definition) is 10. The Bertz CT molecular complexity index is 1330. The van der Waals surface area contributed by atoms with Crippen molar-refractivity contribution in [2.75, 3.05) is 26.4 Å². The third-order valence-corrected chi connectivity index (χ3v) is 8.01. The highest BCUT2D eigenvalue weighted by molar-refractivity contribution is 7.03. The standard InChI is InChI=1S/C34H38N4O4S2/c1(5-21-39-29-13-9-27(10-14-29)33-25-43-37-35-33)3-7-23-41-31-17-19-32(20-18-31)42-24-8-4-2-6-22-40-30-15-11-28(12-16-30)34-26-44-38-36-34/h9-20,25-26H,1-8,21-24H2. The van der Waals surface area contributed by atoms with E-state index in [-0.39, 0.29) is 0 Å². The molecule has 2 heterocycles. The minimum Gasteiger partial charge on any atom is -0.494 e. The predicted molar refractivity (Wildman–Crippen MR) is 176 cm³/mol. The van der Waals surface area contributed by atoms with Gasteiger partial charge in [0.2, 0.25) is 0 Å². The highest BCUT2D eigenvalue weighted by Gasteiger charge is 2.03. The Balaban J connectivity index is 0.828. The molecule has 0 atom stereocenters. The minimum atomic E-state index is 0.716. The molecule has 0 spiro atoms. The van der Waals surface area contributed by atoms with E-state index in [4.69, 9.17) is 18.9 Å². The predicted octanol–water partition coefficient (Wildman–Crippen LogP) is 8.76. The summed E-state index contributed by atoms with van der Waals surface area (Å²) in [6.07, 6.45) is 8.57. The molecule has 8 nitrogen and oxygen atoms in total. The van der Waals surface area contributed by atoms with Gasteiger partial charge in [0.15, 0.2) is 0 Å². The number of benzene rings is 3. The second kappa shape index (κ2) is 17.9. The third kappa shape index (κ3) is 10.6. The number of aromatic nitrogens is 4. The van der Waals surface area contributed by atoms with E-state index >= 15 is 0 Å². The average molecular weight is 631 g/mol. The third-order valence-electron chi connectivity index (χ3n) is 7.00. The summed E-state index contributed by atoms with van der Waals surface area (Å²) in [6.45, 7) is 2.87. The number of unbranched alkanes of at least 4 members (excludes halogenated alkanes) is 6. The highest BCUT2D eigenvalue weighted by Crippen LogP contribution is 2.23. The highest BCUT2D eigenvalue weighted by atomic mass is 32.1. The Hall–Kier alpha value is -4.02. The smallest absolute Gasteiger partial charge is 0.119 e. The van der Waals surface area contributed by atoms with E-state index < -0.39 is 0 Å². The van der Waals surface area contributed by atoms with E-state index in [2.05, 4.69) is 19.2 Å². The minimum absolute atomic E-state index is 0.716. The van der Waals surface area contributed by atoms with E-state index in [1.807, 2.05) is 83.6 Å². The largest absolute Gasteiger partial charge is 0.494 e. The first-order valence-electron chi connectivity index (χ1n) is 15.2. The summed E-state index contributed by atoms with van der Waals surface area (Å²) in [5, 5.41) is 12.1. The Labute approximate surface area is 267 Å². The normalized spacial score (nSPS) is 10.9. The summed E-state index contributed by atoms with van der Waals surface area (Å²) < 4.78 is 31.3. The molecular weight excluding hydrogens is 593 g/mol. The van der Waals surface area contributed by atoms with Gasteiger partial charge in [-0.1, -0.05) is 8.98 Å². The van der Waals surface area contributed by atoms with Crippen molar-refractivity contribution in [1.82, 2.24) is 19.2 Å². The second-order valence-electron chi connectivity index (χ2n) is 10.3.